The van der Waals surface area contributed by atoms with Crippen molar-refractivity contribution in [1.29, 1.82) is 0 Å². The van der Waals surface area contributed by atoms with Crippen molar-refractivity contribution >= 4 is 11.3 Å². The molecule has 120 valence electrons. The minimum Gasteiger partial charge on any atom is -0.323 e. The largest absolute Gasteiger partial charge is 0.323 e. The van der Waals surface area contributed by atoms with Crippen LogP contribution in [-0.4, -0.2) is 29.5 Å². The number of aromatic nitrogens is 1. The Morgan fingerprint density at radius 3 is 2.43 bits per heavy atom. The van der Waals surface area contributed by atoms with Crippen LogP contribution in [0.2, 0.25) is 0 Å². The summed E-state index contributed by atoms with van der Waals surface area (Å²) in [6.07, 6.45) is 3.75. The average molecular weight is 310 g/mol. The maximum absolute atomic E-state index is 6.14. The van der Waals surface area contributed by atoms with Gasteiger partial charge < -0.3 is 10.6 Å². The maximum Gasteiger partial charge on any atom is 0.0944 e. The quantitative estimate of drug-likeness (QED) is 0.921. The number of nitrogens with zero attached hydrogens (tertiary/aromatic N) is 2. The molecule has 0 saturated carbocycles. The third-order valence-electron chi connectivity index (χ3n) is 4.34. The van der Waals surface area contributed by atoms with Crippen molar-refractivity contribution in [3.63, 3.8) is 0 Å². The summed E-state index contributed by atoms with van der Waals surface area (Å²) >= 11 is 1.82. The molecule has 3 nitrogen and oxygen atoms in total. The Bertz CT molecular complexity index is 451. The van der Waals surface area contributed by atoms with Crippen LogP contribution in [0.3, 0.4) is 0 Å². The number of piperidine rings is 1. The van der Waals surface area contributed by atoms with Crippen molar-refractivity contribution in [2.75, 3.05) is 19.6 Å². The molecule has 0 bridgehead atoms. The van der Waals surface area contributed by atoms with E-state index in [9.17, 15) is 0 Å². The van der Waals surface area contributed by atoms with Crippen molar-refractivity contribution in [3.05, 3.63) is 15.6 Å². The highest BCUT2D eigenvalue weighted by atomic mass is 32.1. The van der Waals surface area contributed by atoms with Crippen LogP contribution in [0.25, 0.3) is 0 Å². The van der Waals surface area contributed by atoms with Crippen LogP contribution >= 0.6 is 11.3 Å². The number of likely N-dealkylation sites (tertiary alicyclic amines) is 1. The molecule has 0 radical (unpaired) electrons. The van der Waals surface area contributed by atoms with E-state index in [1.807, 2.05) is 11.3 Å². The fourth-order valence-electron chi connectivity index (χ4n) is 2.87. The van der Waals surface area contributed by atoms with Gasteiger partial charge in [-0.25, -0.2) is 4.98 Å². The first-order chi connectivity index (χ1) is 9.77. The molecule has 1 aliphatic rings. The van der Waals surface area contributed by atoms with Crippen molar-refractivity contribution in [3.8, 4) is 0 Å². The lowest BCUT2D eigenvalue weighted by Gasteiger charge is -2.29. The van der Waals surface area contributed by atoms with Gasteiger partial charge in [-0.2, -0.15) is 0 Å². The maximum atomic E-state index is 6.14. The van der Waals surface area contributed by atoms with Gasteiger partial charge in [-0.15, -0.1) is 11.3 Å². The second-order valence-corrected chi connectivity index (χ2v) is 8.75. The molecule has 0 amide bonds. The second kappa shape index (κ2) is 6.76. The van der Waals surface area contributed by atoms with E-state index in [1.54, 1.807) is 0 Å². The Labute approximate surface area is 133 Å². The minimum atomic E-state index is 0.0816. The van der Waals surface area contributed by atoms with Crippen LogP contribution in [0.5, 0.6) is 0 Å². The molecule has 1 unspecified atom stereocenters. The predicted octanol–water partition coefficient (Wildman–Crippen LogP) is 3.73. The predicted molar refractivity (Wildman–Crippen MR) is 92.0 cm³/mol. The molecule has 1 aliphatic heterocycles. The molecular formula is C17H31N3S. The van der Waals surface area contributed by atoms with Crippen molar-refractivity contribution in [1.82, 2.24) is 9.88 Å². The molecule has 2 N–H and O–H groups in total. The summed E-state index contributed by atoms with van der Waals surface area (Å²) in [5, 5.41) is 1.26. The highest BCUT2D eigenvalue weighted by molar-refractivity contribution is 7.11. The highest BCUT2D eigenvalue weighted by Crippen LogP contribution is 2.33. The van der Waals surface area contributed by atoms with Gasteiger partial charge in [0, 0.05) is 29.3 Å². The average Bonchev–Trinajstić information content (AvgIpc) is 2.82. The molecule has 1 aromatic rings. The van der Waals surface area contributed by atoms with E-state index in [0.29, 0.717) is 0 Å². The van der Waals surface area contributed by atoms with E-state index < -0.39 is 0 Å². The lowest BCUT2D eigenvalue weighted by molar-refractivity contribution is 0.194. The van der Waals surface area contributed by atoms with Gasteiger partial charge in [0.25, 0.3) is 0 Å². The smallest absolute Gasteiger partial charge is 0.0944 e. The highest BCUT2D eigenvalue weighted by Gasteiger charge is 2.25. The zero-order valence-corrected chi connectivity index (χ0v) is 15.1. The van der Waals surface area contributed by atoms with Crippen LogP contribution in [0.15, 0.2) is 0 Å². The summed E-state index contributed by atoms with van der Waals surface area (Å²) < 4.78 is 0. The molecule has 1 atom stereocenters. The molecule has 0 aliphatic carbocycles. The van der Waals surface area contributed by atoms with Gasteiger partial charge in [-0.05, 0) is 38.8 Å². The topological polar surface area (TPSA) is 42.2 Å². The Kier molecular flexibility index (Phi) is 5.44. The molecular weight excluding hydrogens is 278 g/mol. The van der Waals surface area contributed by atoms with Crippen molar-refractivity contribution < 1.29 is 0 Å². The van der Waals surface area contributed by atoms with Gasteiger partial charge in [0.15, 0.2) is 0 Å². The summed E-state index contributed by atoms with van der Waals surface area (Å²) in [7, 11) is 0. The van der Waals surface area contributed by atoms with Gasteiger partial charge in [0.05, 0.1) is 10.7 Å². The van der Waals surface area contributed by atoms with E-state index in [0.717, 1.165) is 18.9 Å². The SMILES string of the molecule is CC1CCN(CCc2nc(C(C)(C)C)c(C(C)N)s2)CC1. The standard InChI is InChI=1S/C17H31N3S/c1-12-6-9-20(10-7-12)11-8-14-19-16(17(3,4)5)15(21-14)13(2)18/h12-13H,6-11,18H2,1-5H3. The number of hydrogen-bond acceptors (Lipinski definition) is 4. The lowest BCUT2D eigenvalue weighted by Crippen LogP contribution is -2.34. The van der Waals surface area contributed by atoms with E-state index >= 15 is 0 Å². The molecule has 2 heterocycles. The molecule has 0 spiro atoms. The third-order valence-corrected chi connectivity index (χ3v) is 5.66. The zero-order chi connectivity index (χ0) is 15.6. The fourth-order valence-corrected chi connectivity index (χ4v) is 4.09. The van der Waals surface area contributed by atoms with Crippen LogP contribution in [0.4, 0.5) is 0 Å². The molecule has 21 heavy (non-hydrogen) atoms. The Morgan fingerprint density at radius 2 is 1.95 bits per heavy atom. The number of thiazole rings is 1. The lowest BCUT2D eigenvalue weighted by atomic mass is 9.90. The summed E-state index contributed by atoms with van der Waals surface area (Å²) in [5.74, 6) is 0.901. The molecule has 1 aromatic heterocycles. The summed E-state index contributed by atoms with van der Waals surface area (Å²) in [6.45, 7) is 14.7. The third kappa shape index (κ3) is 4.51. The molecule has 2 rings (SSSR count). The minimum absolute atomic E-state index is 0.0816. The summed E-state index contributed by atoms with van der Waals surface area (Å²) in [6, 6.07) is 0.0845. The number of hydrogen-bond donors (Lipinski definition) is 1. The second-order valence-electron chi connectivity index (χ2n) is 7.63. The van der Waals surface area contributed by atoms with Crippen molar-refractivity contribution in [2.24, 2.45) is 11.7 Å². The van der Waals surface area contributed by atoms with Gasteiger partial charge in [0.1, 0.15) is 0 Å². The molecule has 4 heteroatoms. The van der Waals surface area contributed by atoms with Gasteiger partial charge in [0.2, 0.25) is 0 Å². The summed E-state index contributed by atoms with van der Waals surface area (Å²) in [5.41, 5.74) is 7.42. The fraction of sp³-hybridized carbons (Fsp3) is 0.824. The Hall–Kier alpha value is -0.450. The van der Waals surface area contributed by atoms with Crippen LogP contribution in [0, 0.1) is 5.92 Å². The van der Waals surface area contributed by atoms with Gasteiger partial charge in [-0.1, -0.05) is 27.7 Å². The van der Waals surface area contributed by atoms with E-state index in [-0.39, 0.29) is 11.5 Å². The monoisotopic (exact) mass is 309 g/mol. The molecule has 1 fully saturated rings. The number of nitrogens with two attached hydrogens (primary N) is 1. The Morgan fingerprint density at radius 1 is 1.33 bits per heavy atom. The van der Waals surface area contributed by atoms with Crippen molar-refractivity contribution in [2.45, 2.75) is 65.3 Å². The van der Waals surface area contributed by atoms with E-state index in [2.05, 4.69) is 39.5 Å². The van der Waals surface area contributed by atoms with Gasteiger partial charge >= 0.3 is 0 Å². The molecule has 0 aromatic carbocycles. The van der Waals surface area contributed by atoms with Gasteiger partial charge in [-0.3, -0.25) is 0 Å². The first-order valence-electron chi connectivity index (χ1n) is 8.25. The Balaban J connectivity index is 2.01. The van der Waals surface area contributed by atoms with Crippen LogP contribution in [0.1, 0.15) is 69.1 Å². The van der Waals surface area contributed by atoms with E-state index in [1.165, 1.54) is 41.5 Å². The normalized spacial score (nSPS) is 19.9. The first-order valence-corrected chi connectivity index (χ1v) is 9.07. The number of rotatable bonds is 4. The van der Waals surface area contributed by atoms with Crippen LogP contribution < -0.4 is 5.73 Å². The molecule has 1 saturated heterocycles. The first kappa shape index (κ1) is 16.9. The zero-order valence-electron chi connectivity index (χ0n) is 14.3. The van der Waals surface area contributed by atoms with E-state index in [4.69, 9.17) is 10.7 Å². The van der Waals surface area contributed by atoms with Crippen LogP contribution in [-0.2, 0) is 11.8 Å². The summed E-state index contributed by atoms with van der Waals surface area (Å²) in [4.78, 5) is 8.77.